The highest BCUT2D eigenvalue weighted by Gasteiger charge is 2.38. The minimum atomic E-state index is -3.76. The third-order valence-corrected chi connectivity index (χ3v) is 8.03. The lowest BCUT2D eigenvalue weighted by Gasteiger charge is -2.35. The number of hydrogen-bond acceptors (Lipinski definition) is 7. The molecule has 168 valence electrons. The Balaban J connectivity index is 1.79. The lowest BCUT2D eigenvalue weighted by Crippen LogP contribution is -2.40. The Morgan fingerprint density at radius 2 is 1.90 bits per heavy atom. The predicted molar refractivity (Wildman–Crippen MR) is 120 cm³/mol. The van der Waals surface area contributed by atoms with Gasteiger partial charge in [-0.05, 0) is 32.0 Å². The van der Waals surface area contributed by atoms with Crippen LogP contribution in [-0.2, 0) is 23.0 Å². The normalized spacial score (nSPS) is 20.3. The summed E-state index contributed by atoms with van der Waals surface area (Å²) in [5, 5.41) is 0. The first-order valence-corrected chi connectivity index (χ1v) is 12.2. The largest absolute Gasteiger partial charge is 0.495 e. The number of para-hydroxylation sites is 1. The first-order chi connectivity index (χ1) is 14.8. The molecule has 31 heavy (non-hydrogen) atoms. The molecule has 0 aliphatic carbocycles. The van der Waals surface area contributed by atoms with E-state index >= 15 is 0 Å². The Labute approximate surface area is 184 Å². The van der Waals surface area contributed by atoms with Crippen LogP contribution in [0.25, 0.3) is 0 Å². The summed E-state index contributed by atoms with van der Waals surface area (Å²) in [6, 6.07) is 6.41. The van der Waals surface area contributed by atoms with Gasteiger partial charge >= 0.3 is 0 Å². The summed E-state index contributed by atoms with van der Waals surface area (Å²) in [6.45, 7) is 2.19. The molecule has 2 aliphatic heterocycles. The first kappa shape index (κ1) is 22.0. The number of likely N-dealkylation sites (N-methyl/N-ethyl adjacent to an activating group) is 1. The van der Waals surface area contributed by atoms with Crippen LogP contribution in [0.4, 0.5) is 5.82 Å². The van der Waals surface area contributed by atoms with Gasteiger partial charge in [-0.3, -0.25) is 0 Å². The third kappa shape index (κ3) is 4.14. The predicted octanol–water partition coefficient (Wildman–Crippen LogP) is 2.46. The van der Waals surface area contributed by atoms with Gasteiger partial charge in [-0.15, -0.1) is 0 Å². The molecule has 1 atom stereocenters. The van der Waals surface area contributed by atoms with Gasteiger partial charge in [-0.25, -0.2) is 18.4 Å². The Bertz CT molecular complexity index is 1060. The summed E-state index contributed by atoms with van der Waals surface area (Å²) in [5.41, 5.74) is 2.17. The second kappa shape index (κ2) is 8.72. The summed E-state index contributed by atoms with van der Waals surface area (Å²) in [6.07, 6.45) is 3.32. The van der Waals surface area contributed by atoms with E-state index in [0.717, 1.165) is 49.4 Å². The topological polar surface area (TPSA) is 78.9 Å². The van der Waals surface area contributed by atoms with Crippen molar-refractivity contribution in [2.24, 2.45) is 0 Å². The van der Waals surface area contributed by atoms with Gasteiger partial charge in [-0.1, -0.05) is 18.6 Å². The maximum Gasteiger partial charge on any atom is 0.247 e. The van der Waals surface area contributed by atoms with Gasteiger partial charge in [-0.2, -0.15) is 4.31 Å². The molecule has 8 nitrogen and oxygen atoms in total. The molecule has 0 radical (unpaired) electrons. The van der Waals surface area contributed by atoms with E-state index in [1.54, 1.807) is 28.6 Å². The highest BCUT2D eigenvalue weighted by Crippen LogP contribution is 2.38. The number of hydrogen-bond donors (Lipinski definition) is 0. The average molecular weight is 446 g/mol. The molecule has 4 rings (SSSR count). The number of benzene rings is 1. The molecule has 0 bridgehead atoms. The quantitative estimate of drug-likeness (QED) is 0.699. The Kier molecular flexibility index (Phi) is 6.18. The summed E-state index contributed by atoms with van der Waals surface area (Å²) in [5.74, 6) is 1.84. The van der Waals surface area contributed by atoms with Gasteiger partial charge in [0.15, 0.2) is 0 Å². The summed E-state index contributed by atoms with van der Waals surface area (Å²) >= 11 is 0. The van der Waals surface area contributed by atoms with E-state index in [-0.39, 0.29) is 10.9 Å². The lowest BCUT2D eigenvalue weighted by molar-refractivity contribution is 0.243. The highest BCUT2D eigenvalue weighted by molar-refractivity contribution is 7.89. The molecule has 0 spiro atoms. The number of piperidine rings is 1. The number of sulfonamides is 1. The zero-order valence-electron chi connectivity index (χ0n) is 18.7. The smallest absolute Gasteiger partial charge is 0.247 e. The monoisotopic (exact) mass is 445 g/mol. The van der Waals surface area contributed by atoms with Gasteiger partial charge < -0.3 is 14.5 Å². The minimum absolute atomic E-state index is 0.191. The number of fused-ring (bicyclic) bond motifs is 1. The molecule has 1 fully saturated rings. The van der Waals surface area contributed by atoms with E-state index in [1.807, 2.05) is 19.0 Å². The zero-order valence-corrected chi connectivity index (χ0v) is 19.5. The molecule has 0 amide bonds. The van der Waals surface area contributed by atoms with E-state index in [9.17, 15) is 8.42 Å². The van der Waals surface area contributed by atoms with Crippen molar-refractivity contribution in [3.63, 3.8) is 0 Å². The highest BCUT2D eigenvalue weighted by atomic mass is 32.2. The van der Waals surface area contributed by atoms with E-state index in [1.165, 1.54) is 7.11 Å². The SMILES string of the molecule is COc1ccccc1S(=O)(=O)N1CCCC[C@@H]1c1nc2c(c(N(C)C)n1)CN(C)CC2. The number of ether oxygens (including phenoxy) is 1. The number of methoxy groups -OCH3 is 1. The van der Waals surface area contributed by atoms with Crippen molar-refractivity contribution in [1.29, 1.82) is 0 Å². The Morgan fingerprint density at radius 1 is 1.13 bits per heavy atom. The molecule has 9 heteroatoms. The van der Waals surface area contributed by atoms with Gasteiger partial charge in [0.25, 0.3) is 0 Å². The molecule has 1 aromatic carbocycles. The molecular weight excluding hydrogens is 414 g/mol. The summed E-state index contributed by atoms with van der Waals surface area (Å²) < 4.78 is 34.3. The van der Waals surface area contributed by atoms with Crippen molar-refractivity contribution in [3.05, 3.63) is 41.3 Å². The molecular formula is C22H31N5O3S. The number of rotatable bonds is 5. The zero-order chi connectivity index (χ0) is 22.2. The van der Waals surface area contributed by atoms with Crippen LogP contribution in [0.15, 0.2) is 29.2 Å². The fraction of sp³-hybridized carbons (Fsp3) is 0.545. The van der Waals surface area contributed by atoms with Crippen LogP contribution in [0.3, 0.4) is 0 Å². The van der Waals surface area contributed by atoms with Crippen LogP contribution in [0.1, 0.15) is 42.4 Å². The third-order valence-electron chi connectivity index (χ3n) is 6.08. The van der Waals surface area contributed by atoms with Gasteiger partial charge in [0, 0.05) is 45.7 Å². The maximum atomic E-state index is 13.7. The second-order valence-electron chi connectivity index (χ2n) is 8.49. The molecule has 2 aliphatic rings. The fourth-order valence-corrected chi connectivity index (χ4v) is 6.29. The van der Waals surface area contributed by atoms with Gasteiger partial charge in [0.05, 0.1) is 18.8 Å². The van der Waals surface area contributed by atoms with Gasteiger partial charge in [0.1, 0.15) is 22.3 Å². The van der Waals surface area contributed by atoms with Crippen LogP contribution in [0.5, 0.6) is 5.75 Å². The van der Waals surface area contributed by atoms with Crippen molar-refractivity contribution in [2.75, 3.05) is 46.2 Å². The lowest BCUT2D eigenvalue weighted by atomic mass is 10.0. The van der Waals surface area contributed by atoms with Crippen LogP contribution < -0.4 is 9.64 Å². The molecule has 1 saturated heterocycles. The second-order valence-corrected chi connectivity index (χ2v) is 10.4. The van der Waals surface area contributed by atoms with Crippen LogP contribution in [-0.4, -0.2) is 68.9 Å². The Morgan fingerprint density at radius 3 is 2.65 bits per heavy atom. The minimum Gasteiger partial charge on any atom is -0.495 e. The molecule has 0 N–H and O–H groups in total. The van der Waals surface area contributed by atoms with Crippen molar-refractivity contribution in [3.8, 4) is 5.75 Å². The van der Waals surface area contributed by atoms with Crippen LogP contribution in [0, 0.1) is 0 Å². The number of aromatic nitrogens is 2. The number of nitrogens with zero attached hydrogens (tertiary/aromatic N) is 5. The Hall–Kier alpha value is -2.23. The van der Waals surface area contributed by atoms with Crippen molar-refractivity contribution < 1.29 is 13.2 Å². The molecule has 0 saturated carbocycles. The van der Waals surface area contributed by atoms with E-state index < -0.39 is 10.0 Å². The molecule has 1 aromatic heterocycles. The van der Waals surface area contributed by atoms with Crippen molar-refractivity contribution in [2.45, 2.75) is 43.2 Å². The van der Waals surface area contributed by atoms with E-state index in [4.69, 9.17) is 14.7 Å². The maximum absolute atomic E-state index is 13.7. The first-order valence-electron chi connectivity index (χ1n) is 10.7. The van der Waals surface area contributed by atoms with Gasteiger partial charge in [0.2, 0.25) is 10.0 Å². The summed E-state index contributed by atoms with van der Waals surface area (Å²) in [7, 11) is 3.79. The number of anilines is 1. The average Bonchev–Trinajstić information content (AvgIpc) is 2.78. The molecule has 0 unspecified atom stereocenters. The molecule has 3 heterocycles. The van der Waals surface area contributed by atoms with Crippen LogP contribution >= 0.6 is 0 Å². The fourth-order valence-electron chi connectivity index (χ4n) is 4.48. The summed E-state index contributed by atoms with van der Waals surface area (Å²) in [4.78, 5) is 14.3. The van der Waals surface area contributed by atoms with E-state index in [0.29, 0.717) is 24.5 Å². The van der Waals surface area contributed by atoms with Crippen LogP contribution in [0.2, 0.25) is 0 Å². The molecule has 2 aromatic rings. The van der Waals surface area contributed by atoms with Crippen molar-refractivity contribution >= 4 is 15.8 Å². The van der Waals surface area contributed by atoms with E-state index in [2.05, 4.69) is 11.9 Å². The standard InChI is InChI=1S/C22H31N5O3S/c1-25(2)22-16-15-26(3)14-12-17(16)23-21(24-22)18-9-7-8-13-27(18)31(28,29)20-11-6-5-10-19(20)30-4/h5-6,10-11,18H,7-9,12-15H2,1-4H3/t18-/m1/s1. The van der Waals surface area contributed by atoms with Crippen molar-refractivity contribution in [1.82, 2.24) is 19.2 Å².